The Labute approximate surface area is 116 Å². The van der Waals surface area contributed by atoms with Crippen molar-refractivity contribution in [3.05, 3.63) is 45.5 Å². The third-order valence-electron chi connectivity index (χ3n) is 3.48. The van der Waals surface area contributed by atoms with Gasteiger partial charge in [0.25, 0.3) is 0 Å². The molecular formula is C14H16ClNOS. The first kappa shape index (κ1) is 12.3. The number of hydrogen-bond donors (Lipinski definition) is 1. The Hall–Kier alpha value is -0.770. The highest BCUT2D eigenvalue weighted by atomic mass is 35.5. The van der Waals surface area contributed by atoms with E-state index in [1.165, 1.54) is 17.7 Å². The molecule has 0 saturated heterocycles. The first-order chi connectivity index (χ1) is 8.72. The van der Waals surface area contributed by atoms with Crippen molar-refractivity contribution in [3.63, 3.8) is 0 Å². The fourth-order valence-corrected chi connectivity index (χ4v) is 3.65. The summed E-state index contributed by atoms with van der Waals surface area (Å²) in [5, 5.41) is 3.67. The quantitative estimate of drug-likeness (QED) is 0.894. The van der Waals surface area contributed by atoms with Crippen molar-refractivity contribution in [1.29, 1.82) is 0 Å². The number of halogens is 1. The lowest BCUT2D eigenvalue weighted by Crippen LogP contribution is -2.42. The van der Waals surface area contributed by atoms with Gasteiger partial charge < -0.3 is 9.73 Å². The van der Waals surface area contributed by atoms with E-state index in [2.05, 4.69) is 18.3 Å². The molecule has 4 heteroatoms. The van der Waals surface area contributed by atoms with Crippen LogP contribution in [0.5, 0.6) is 0 Å². The van der Waals surface area contributed by atoms with E-state index >= 15 is 0 Å². The summed E-state index contributed by atoms with van der Waals surface area (Å²) in [6, 6.07) is 8.71. The molecule has 1 atom stereocenters. The molecule has 0 aliphatic heterocycles. The van der Waals surface area contributed by atoms with Crippen LogP contribution < -0.4 is 5.32 Å². The van der Waals surface area contributed by atoms with Crippen molar-refractivity contribution in [1.82, 2.24) is 5.32 Å². The first-order valence-corrected chi connectivity index (χ1v) is 7.46. The summed E-state index contributed by atoms with van der Waals surface area (Å²) in [6.45, 7) is 2.29. The zero-order valence-electron chi connectivity index (χ0n) is 10.2. The highest BCUT2D eigenvalue weighted by Crippen LogP contribution is 2.35. The molecule has 1 N–H and O–H groups in total. The van der Waals surface area contributed by atoms with Crippen molar-refractivity contribution in [2.75, 3.05) is 0 Å². The number of thiophene rings is 1. The molecular weight excluding hydrogens is 266 g/mol. The van der Waals surface area contributed by atoms with Crippen LogP contribution in [-0.4, -0.2) is 6.04 Å². The van der Waals surface area contributed by atoms with Gasteiger partial charge in [0.2, 0.25) is 0 Å². The van der Waals surface area contributed by atoms with Crippen molar-refractivity contribution in [3.8, 4) is 0 Å². The Balaban J connectivity index is 1.80. The maximum atomic E-state index is 6.03. The summed E-state index contributed by atoms with van der Waals surface area (Å²) in [6.07, 6.45) is 4.22. The van der Waals surface area contributed by atoms with Crippen LogP contribution in [0, 0.1) is 5.92 Å². The van der Waals surface area contributed by atoms with Crippen molar-refractivity contribution in [2.24, 2.45) is 5.92 Å². The predicted octanol–water partition coefficient (Wildman–Crippen LogP) is 4.47. The average Bonchev–Trinajstić information content (AvgIpc) is 2.94. The minimum atomic E-state index is 0.134. The summed E-state index contributed by atoms with van der Waals surface area (Å²) in [5.74, 6) is 1.81. The van der Waals surface area contributed by atoms with Crippen LogP contribution in [0.15, 0.2) is 34.9 Å². The van der Waals surface area contributed by atoms with Crippen LogP contribution >= 0.6 is 22.9 Å². The van der Waals surface area contributed by atoms with Gasteiger partial charge in [0.15, 0.2) is 0 Å². The smallest absolute Gasteiger partial charge is 0.126 e. The molecule has 2 aromatic heterocycles. The average molecular weight is 282 g/mol. The number of nitrogens with one attached hydrogen (secondary N) is 1. The summed E-state index contributed by atoms with van der Waals surface area (Å²) in [4.78, 5) is 1.22. The van der Waals surface area contributed by atoms with Crippen molar-refractivity contribution >= 4 is 22.9 Å². The van der Waals surface area contributed by atoms with Gasteiger partial charge in [-0.25, -0.2) is 0 Å². The van der Waals surface area contributed by atoms with E-state index in [0.29, 0.717) is 6.04 Å². The number of hydrogen-bond acceptors (Lipinski definition) is 3. The molecule has 2 aromatic rings. The highest BCUT2D eigenvalue weighted by Gasteiger charge is 2.29. The molecule has 0 bridgehead atoms. The van der Waals surface area contributed by atoms with Crippen LogP contribution in [0.1, 0.15) is 36.4 Å². The maximum Gasteiger partial charge on any atom is 0.126 e. The molecule has 0 aromatic carbocycles. The monoisotopic (exact) mass is 281 g/mol. The highest BCUT2D eigenvalue weighted by molar-refractivity contribution is 7.16. The first-order valence-electron chi connectivity index (χ1n) is 6.27. The summed E-state index contributed by atoms with van der Waals surface area (Å²) >= 11 is 7.65. The third kappa shape index (κ3) is 2.48. The fraction of sp³-hybridized carbons (Fsp3) is 0.429. The second-order valence-electron chi connectivity index (χ2n) is 5.03. The van der Waals surface area contributed by atoms with E-state index in [9.17, 15) is 0 Å². The molecule has 1 aliphatic carbocycles. The van der Waals surface area contributed by atoms with Gasteiger partial charge in [-0.15, -0.1) is 11.3 Å². The van der Waals surface area contributed by atoms with E-state index in [4.69, 9.17) is 16.0 Å². The number of furan rings is 1. The summed E-state index contributed by atoms with van der Waals surface area (Å²) < 4.78 is 6.38. The second kappa shape index (κ2) is 5.08. The standard InChI is InChI=1S/C14H16ClNOS/c1-9-7-10(8-9)16-14(11-3-2-6-17-11)12-4-5-13(15)18-12/h2-6,9-10,14,16H,7-8H2,1H3. The van der Waals surface area contributed by atoms with Gasteiger partial charge >= 0.3 is 0 Å². The van der Waals surface area contributed by atoms with Gasteiger partial charge in [0.1, 0.15) is 11.8 Å². The van der Waals surface area contributed by atoms with Crippen LogP contribution in [0.25, 0.3) is 0 Å². The van der Waals surface area contributed by atoms with Crippen LogP contribution in [0.2, 0.25) is 4.34 Å². The van der Waals surface area contributed by atoms with E-state index in [1.54, 1.807) is 17.6 Å². The van der Waals surface area contributed by atoms with E-state index in [1.807, 2.05) is 18.2 Å². The SMILES string of the molecule is CC1CC(NC(c2ccco2)c2ccc(Cl)s2)C1. The van der Waals surface area contributed by atoms with Crippen LogP contribution in [0.3, 0.4) is 0 Å². The second-order valence-corrected chi connectivity index (χ2v) is 6.78. The largest absolute Gasteiger partial charge is 0.467 e. The van der Waals surface area contributed by atoms with E-state index in [0.717, 1.165) is 16.0 Å². The molecule has 18 heavy (non-hydrogen) atoms. The van der Waals surface area contributed by atoms with Crippen molar-refractivity contribution in [2.45, 2.75) is 31.8 Å². The lowest BCUT2D eigenvalue weighted by Gasteiger charge is -2.35. The van der Waals surface area contributed by atoms with Gasteiger partial charge in [0.05, 0.1) is 10.6 Å². The van der Waals surface area contributed by atoms with E-state index < -0.39 is 0 Å². The zero-order chi connectivity index (χ0) is 12.5. The van der Waals surface area contributed by atoms with Gasteiger partial charge in [-0.3, -0.25) is 0 Å². The Morgan fingerprint density at radius 3 is 2.78 bits per heavy atom. The van der Waals surface area contributed by atoms with Crippen molar-refractivity contribution < 1.29 is 4.42 Å². The van der Waals surface area contributed by atoms with Gasteiger partial charge in [0, 0.05) is 10.9 Å². The van der Waals surface area contributed by atoms with Crippen LogP contribution in [-0.2, 0) is 0 Å². The Kier molecular flexibility index (Phi) is 3.46. The minimum Gasteiger partial charge on any atom is -0.467 e. The van der Waals surface area contributed by atoms with E-state index in [-0.39, 0.29) is 6.04 Å². The lowest BCUT2D eigenvalue weighted by molar-refractivity contribution is 0.224. The number of rotatable bonds is 4. The van der Waals surface area contributed by atoms with Gasteiger partial charge in [-0.2, -0.15) is 0 Å². The molecule has 2 heterocycles. The topological polar surface area (TPSA) is 25.2 Å². The molecule has 3 rings (SSSR count). The molecule has 1 unspecified atom stereocenters. The third-order valence-corrected chi connectivity index (χ3v) is 4.78. The molecule has 0 radical (unpaired) electrons. The maximum absolute atomic E-state index is 6.03. The molecule has 2 nitrogen and oxygen atoms in total. The molecule has 0 amide bonds. The molecule has 1 fully saturated rings. The van der Waals surface area contributed by atoms with Gasteiger partial charge in [-0.1, -0.05) is 18.5 Å². The molecule has 0 spiro atoms. The summed E-state index contributed by atoms with van der Waals surface area (Å²) in [7, 11) is 0. The Morgan fingerprint density at radius 1 is 1.39 bits per heavy atom. The molecule has 96 valence electrons. The molecule has 1 saturated carbocycles. The molecule has 1 aliphatic rings. The normalized spacial score (nSPS) is 24.8. The Bertz CT molecular complexity index is 502. The van der Waals surface area contributed by atoms with Crippen LogP contribution in [0.4, 0.5) is 0 Å². The summed E-state index contributed by atoms with van der Waals surface area (Å²) in [5.41, 5.74) is 0. The zero-order valence-corrected chi connectivity index (χ0v) is 11.8. The minimum absolute atomic E-state index is 0.134. The lowest BCUT2D eigenvalue weighted by atomic mass is 9.81. The fourth-order valence-electron chi connectivity index (χ4n) is 2.52. The Morgan fingerprint density at radius 2 is 2.22 bits per heavy atom. The predicted molar refractivity (Wildman–Crippen MR) is 75.2 cm³/mol. The van der Waals surface area contributed by atoms with Gasteiger partial charge in [-0.05, 0) is 43.0 Å².